The standard InChI is InChI=1S/C17H30FN3/c1-5-9-21(11-10-20(3)4)14-16-12-15(13-19-6-2)7-8-17(16)18/h7-8,12,19H,5-6,9-11,13-14H2,1-4H3. The molecule has 0 fully saturated rings. The maximum Gasteiger partial charge on any atom is 0.127 e. The van der Waals surface area contributed by atoms with Crippen LogP contribution >= 0.6 is 0 Å². The van der Waals surface area contributed by atoms with Crippen LogP contribution in [0.1, 0.15) is 31.4 Å². The van der Waals surface area contributed by atoms with Gasteiger partial charge in [0.05, 0.1) is 0 Å². The molecule has 1 aromatic rings. The zero-order chi connectivity index (χ0) is 15.7. The lowest BCUT2D eigenvalue weighted by Crippen LogP contribution is -2.32. The van der Waals surface area contributed by atoms with Crippen LogP contribution in [0, 0.1) is 5.82 Å². The molecule has 0 aliphatic carbocycles. The summed E-state index contributed by atoms with van der Waals surface area (Å²) in [6, 6.07) is 5.46. The summed E-state index contributed by atoms with van der Waals surface area (Å²) in [7, 11) is 4.14. The smallest absolute Gasteiger partial charge is 0.127 e. The summed E-state index contributed by atoms with van der Waals surface area (Å²) >= 11 is 0. The predicted octanol–water partition coefficient (Wildman–Crippen LogP) is 2.71. The highest BCUT2D eigenvalue weighted by Gasteiger charge is 2.10. The van der Waals surface area contributed by atoms with E-state index in [0.717, 1.165) is 50.3 Å². The van der Waals surface area contributed by atoms with Crippen molar-refractivity contribution in [1.82, 2.24) is 15.1 Å². The Balaban J connectivity index is 2.71. The topological polar surface area (TPSA) is 18.5 Å². The van der Waals surface area contributed by atoms with E-state index in [1.807, 2.05) is 12.1 Å². The Morgan fingerprint density at radius 1 is 1.10 bits per heavy atom. The van der Waals surface area contributed by atoms with Crippen LogP contribution in [0.4, 0.5) is 4.39 Å². The SMILES string of the molecule is CCCN(CCN(C)C)Cc1cc(CNCC)ccc1F. The number of nitrogens with zero attached hydrogens (tertiary/aromatic N) is 2. The Bertz CT molecular complexity index is 407. The van der Waals surface area contributed by atoms with E-state index in [1.54, 1.807) is 6.07 Å². The van der Waals surface area contributed by atoms with Crippen molar-refractivity contribution in [2.24, 2.45) is 0 Å². The van der Waals surface area contributed by atoms with Crippen molar-refractivity contribution in [2.75, 3.05) is 40.3 Å². The van der Waals surface area contributed by atoms with Crippen LogP contribution in [0.15, 0.2) is 18.2 Å². The van der Waals surface area contributed by atoms with E-state index >= 15 is 0 Å². The molecule has 1 rings (SSSR count). The lowest BCUT2D eigenvalue weighted by Gasteiger charge is -2.24. The molecule has 0 unspecified atom stereocenters. The fourth-order valence-corrected chi connectivity index (χ4v) is 2.30. The van der Waals surface area contributed by atoms with Gasteiger partial charge in [-0.25, -0.2) is 4.39 Å². The Hall–Kier alpha value is -0.970. The molecule has 0 radical (unpaired) electrons. The predicted molar refractivity (Wildman–Crippen MR) is 87.9 cm³/mol. The Labute approximate surface area is 129 Å². The van der Waals surface area contributed by atoms with E-state index in [0.29, 0.717) is 6.54 Å². The molecule has 0 saturated carbocycles. The van der Waals surface area contributed by atoms with Crippen molar-refractivity contribution >= 4 is 0 Å². The van der Waals surface area contributed by atoms with E-state index in [2.05, 4.69) is 43.1 Å². The maximum atomic E-state index is 14.0. The van der Waals surface area contributed by atoms with Gasteiger partial charge in [-0.2, -0.15) is 0 Å². The summed E-state index contributed by atoms with van der Waals surface area (Å²) < 4.78 is 14.0. The molecule has 0 spiro atoms. The molecular formula is C17H30FN3. The summed E-state index contributed by atoms with van der Waals surface area (Å²) in [4.78, 5) is 4.50. The molecule has 21 heavy (non-hydrogen) atoms. The minimum absolute atomic E-state index is 0.0961. The first-order valence-corrected chi connectivity index (χ1v) is 7.91. The van der Waals surface area contributed by atoms with Gasteiger partial charge < -0.3 is 10.2 Å². The van der Waals surface area contributed by atoms with Gasteiger partial charge in [0.2, 0.25) is 0 Å². The summed E-state index contributed by atoms with van der Waals surface area (Å²) in [5.74, 6) is -0.0961. The molecule has 0 atom stereocenters. The highest BCUT2D eigenvalue weighted by atomic mass is 19.1. The van der Waals surface area contributed by atoms with E-state index in [9.17, 15) is 4.39 Å². The highest BCUT2D eigenvalue weighted by molar-refractivity contribution is 5.25. The molecule has 3 nitrogen and oxygen atoms in total. The average Bonchev–Trinajstić information content (AvgIpc) is 2.45. The molecule has 1 N–H and O–H groups in total. The Kier molecular flexibility index (Phi) is 8.50. The van der Waals surface area contributed by atoms with Gasteiger partial charge in [-0.3, -0.25) is 4.90 Å². The number of halogens is 1. The second-order valence-electron chi connectivity index (χ2n) is 5.79. The highest BCUT2D eigenvalue weighted by Crippen LogP contribution is 2.14. The van der Waals surface area contributed by atoms with Crippen LogP contribution in [0.3, 0.4) is 0 Å². The zero-order valence-electron chi connectivity index (χ0n) is 14.0. The third-order valence-corrected chi connectivity index (χ3v) is 3.49. The van der Waals surface area contributed by atoms with Gasteiger partial charge in [0.15, 0.2) is 0 Å². The summed E-state index contributed by atoms with van der Waals surface area (Å²) in [6.07, 6.45) is 1.09. The monoisotopic (exact) mass is 295 g/mol. The number of nitrogens with one attached hydrogen (secondary N) is 1. The largest absolute Gasteiger partial charge is 0.313 e. The molecule has 120 valence electrons. The van der Waals surface area contributed by atoms with Crippen LogP contribution < -0.4 is 5.32 Å². The van der Waals surface area contributed by atoms with Crippen LogP contribution in [0.5, 0.6) is 0 Å². The molecule has 0 bridgehead atoms. The van der Waals surface area contributed by atoms with Crippen molar-refractivity contribution in [3.05, 3.63) is 35.1 Å². The molecular weight excluding hydrogens is 265 g/mol. The number of rotatable bonds is 10. The first-order chi connectivity index (χ1) is 10.1. The van der Waals surface area contributed by atoms with Gasteiger partial charge >= 0.3 is 0 Å². The minimum Gasteiger partial charge on any atom is -0.313 e. The van der Waals surface area contributed by atoms with E-state index < -0.39 is 0 Å². The van der Waals surface area contributed by atoms with E-state index in [4.69, 9.17) is 0 Å². The summed E-state index contributed by atoms with van der Waals surface area (Å²) in [5, 5.41) is 3.29. The normalized spacial score (nSPS) is 11.6. The van der Waals surface area contributed by atoms with Gasteiger partial charge in [0, 0.05) is 31.7 Å². The quantitative estimate of drug-likeness (QED) is 0.716. The van der Waals surface area contributed by atoms with Gasteiger partial charge in [0.1, 0.15) is 5.82 Å². The van der Waals surface area contributed by atoms with Gasteiger partial charge in [-0.15, -0.1) is 0 Å². The second-order valence-corrected chi connectivity index (χ2v) is 5.79. The molecule has 0 amide bonds. The second kappa shape index (κ2) is 9.87. The van der Waals surface area contributed by atoms with Gasteiger partial charge in [-0.1, -0.05) is 26.0 Å². The van der Waals surface area contributed by atoms with Crippen molar-refractivity contribution in [3.63, 3.8) is 0 Å². The Morgan fingerprint density at radius 3 is 2.48 bits per heavy atom. The lowest BCUT2D eigenvalue weighted by molar-refractivity contribution is 0.231. The fraction of sp³-hybridized carbons (Fsp3) is 0.647. The molecule has 0 saturated heterocycles. The van der Waals surface area contributed by atoms with Crippen LogP contribution in [0.25, 0.3) is 0 Å². The minimum atomic E-state index is -0.0961. The van der Waals surface area contributed by atoms with Gasteiger partial charge in [0.25, 0.3) is 0 Å². The number of hydrogen-bond donors (Lipinski definition) is 1. The van der Waals surface area contributed by atoms with Crippen molar-refractivity contribution in [3.8, 4) is 0 Å². The molecule has 0 aliphatic rings. The number of benzene rings is 1. The first-order valence-electron chi connectivity index (χ1n) is 7.91. The van der Waals surface area contributed by atoms with Crippen molar-refractivity contribution < 1.29 is 4.39 Å². The fourth-order valence-electron chi connectivity index (χ4n) is 2.30. The number of hydrogen-bond acceptors (Lipinski definition) is 3. The molecule has 0 aliphatic heterocycles. The van der Waals surface area contributed by atoms with Crippen molar-refractivity contribution in [2.45, 2.75) is 33.4 Å². The van der Waals surface area contributed by atoms with Crippen LogP contribution in [-0.4, -0.2) is 50.1 Å². The number of likely N-dealkylation sites (N-methyl/N-ethyl adjacent to an activating group) is 1. The maximum absolute atomic E-state index is 14.0. The van der Waals surface area contributed by atoms with Gasteiger partial charge in [-0.05, 0) is 45.2 Å². The third kappa shape index (κ3) is 7.02. The molecule has 1 aromatic carbocycles. The summed E-state index contributed by atoms with van der Waals surface area (Å²) in [6.45, 7) is 9.64. The first kappa shape index (κ1) is 18.1. The molecule has 4 heteroatoms. The lowest BCUT2D eigenvalue weighted by atomic mass is 10.1. The molecule has 0 aromatic heterocycles. The van der Waals surface area contributed by atoms with Crippen LogP contribution in [0.2, 0.25) is 0 Å². The third-order valence-electron chi connectivity index (χ3n) is 3.49. The Morgan fingerprint density at radius 2 is 1.86 bits per heavy atom. The average molecular weight is 295 g/mol. The summed E-state index contributed by atoms with van der Waals surface area (Å²) in [5.41, 5.74) is 1.95. The van der Waals surface area contributed by atoms with Crippen LogP contribution in [-0.2, 0) is 13.1 Å². The van der Waals surface area contributed by atoms with Crippen molar-refractivity contribution in [1.29, 1.82) is 0 Å². The van der Waals surface area contributed by atoms with E-state index in [1.165, 1.54) is 0 Å². The molecule has 0 heterocycles. The van der Waals surface area contributed by atoms with E-state index in [-0.39, 0.29) is 5.82 Å². The zero-order valence-corrected chi connectivity index (χ0v) is 14.0.